The number of methoxy groups -OCH3 is 1. The van der Waals surface area contributed by atoms with Crippen molar-refractivity contribution in [3.63, 3.8) is 0 Å². The molecule has 2 heterocycles. The molecule has 1 amide bonds. The van der Waals surface area contributed by atoms with Gasteiger partial charge in [0.15, 0.2) is 17.8 Å². The number of piperazine rings is 1. The molecule has 0 bridgehead atoms. The molecule has 0 unspecified atom stereocenters. The maximum Gasteiger partial charge on any atom is 0.276 e. The molecular weight excluding hydrogens is 210 g/mol. The van der Waals surface area contributed by atoms with Crippen LogP contribution in [0.25, 0.3) is 0 Å². The molecule has 0 radical (unpaired) electrons. The number of nitrogens with zero attached hydrogens (tertiary/aromatic N) is 2. The van der Waals surface area contributed by atoms with Crippen LogP contribution in [0.1, 0.15) is 16.2 Å². The van der Waals surface area contributed by atoms with Gasteiger partial charge in [0.05, 0.1) is 0 Å². The lowest BCUT2D eigenvalue weighted by molar-refractivity contribution is 0.0722. The summed E-state index contributed by atoms with van der Waals surface area (Å²) in [4.78, 5) is 17.8. The Labute approximate surface area is 93.6 Å². The standard InChI is InChI=1S/C10H15N3O3/c1-15-6-8-9(12-7-16-8)10(14)13-4-2-11-3-5-13/h7,11H,2-6H2,1H3. The number of hydrogen-bond donors (Lipinski definition) is 1. The van der Waals surface area contributed by atoms with Gasteiger partial charge in [0, 0.05) is 33.3 Å². The third-order valence-electron chi connectivity index (χ3n) is 2.52. The average Bonchev–Trinajstić information content (AvgIpc) is 2.78. The molecule has 0 aliphatic carbocycles. The molecular formula is C10H15N3O3. The minimum Gasteiger partial charge on any atom is -0.445 e. The Kier molecular flexibility index (Phi) is 3.53. The molecule has 6 nitrogen and oxygen atoms in total. The summed E-state index contributed by atoms with van der Waals surface area (Å²) in [6.45, 7) is 3.33. The Hall–Kier alpha value is -1.40. The number of hydrogen-bond acceptors (Lipinski definition) is 5. The van der Waals surface area contributed by atoms with Gasteiger partial charge in [-0.15, -0.1) is 0 Å². The van der Waals surface area contributed by atoms with E-state index in [1.165, 1.54) is 6.39 Å². The van der Waals surface area contributed by atoms with E-state index in [1.807, 2.05) is 0 Å². The lowest BCUT2D eigenvalue weighted by atomic mass is 10.2. The minimum atomic E-state index is -0.0812. The number of ether oxygens (including phenoxy) is 1. The monoisotopic (exact) mass is 225 g/mol. The van der Waals surface area contributed by atoms with Gasteiger partial charge >= 0.3 is 0 Å². The molecule has 1 fully saturated rings. The van der Waals surface area contributed by atoms with Gasteiger partial charge in [-0.1, -0.05) is 0 Å². The molecule has 6 heteroatoms. The van der Waals surface area contributed by atoms with E-state index in [2.05, 4.69) is 10.3 Å². The van der Waals surface area contributed by atoms with Gasteiger partial charge in [-0.25, -0.2) is 4.98 Å². The molecule has 1 N–H and O–H groups in total. The topological polar surface area (TPSA) is 67.6 Å². The van der Waals surface area contributed by atoms with Gasteiger partial charge in [0.1, 0.15) is 6.61 Å². The number of carbonyl (C=O) groups is 1. The maximum atomic E-state index is 12.1. The SMILES string of the molecule is COCc1ocnc1C(=O)N1CCNCC1. The molecule has 1 saturated heterocycles. The lowest BCUT2D eigenvalue weighted by Crippen LogP contribution is -2.46. The molecule has 1 aliphatic heterocycles. The van der Waals surface area contributed by atoms with Crippen LogP contribution in [0.15, 0.2) is 10.8 Å². The molecule has 0 spiro atoms. The first-order valence-corrected chi connectivity index (χ1v) is 5.24. The molecule has 0 aromatic carbocycles. The zero-order chi connectivity index (χ0) is 11.4. The van der Waals surface area contributed by atoms with Crippen LogP contribution in [0.4, 0.5) is 0 Å². The van der Waals surface area contributed by atoms with E-state index < -0.39 is 0 Å². The fourth-order valence-corrected chi connectivity index (χ4v) is 1.70. The largest absolute Gasteiger partial charge is 0.445 e. The van der Waals surface area contributed by atoms with Gasteiger partial charge in [0.2, 0.25) is 0 Å². The van der Waals surface area contributed by atoms with Crippen LogP contribution in [0, 0.1) is 0 Å². The van der Waals surface area contributed by atoms with Crippen LogP contribution in [0.3, 0.4) is 0 Å². The minimum absolute atomic E-state index is 0.0812. The predicted octanol–water partition coefficient (Wildman–Crippen LogP) is -0.134. The molecule has 1 aromatic heterocycles. The first-order valence-electron chi connectivity index (χ1n) is 5.24. The van der Waals surface area contributed by atoms with Crippen molar-refractivity contribution in [2.75, 3.05) is 33.3 Å². The lowest BCUT2D eigenvalue weighted by Gasteiger charge is -2.26. The van der Waals surface area contributed by atoms with Crippen LogP contribution in [0.2, 0.25) is 0 Å². The average molecular weight is 225 g/mol. The summed E-state index contributed by atoms with van der Waals surface area (Å²) in [5.41, 5.74) is 0.365. The van der Waals surface area contributed by atoms with Crippen LogP contribution in [-0.4, -0.2) is 49.1 Å². The van der Waals surface area contributed by atoms with Gasteiger partial charge in [-0.05, 0) is 0 Å². The number of carbonyl (C=O) groups excluding carboxylic acids is 1. The molecule has 2 rings (SSSR count). The number of nitrogens with one attached hydrogen (secondary N) is 1. The second-order valence-electron chi connectivity index (χ2n) is 3.60. The second kappa shape index (κ2) is 5.09. The van der Waals surface area contributed by atoms with Crippen LogP contribution in [0.5, 0.6) is 0 Å². The van der Waals surface area contributed by atoms with E-state index in [0.717, 1.165) is 13.1 Å². The highest BCUT2D eigenvalue weighted by atomic mass is 16.5. The summed E-state index contributed by atoms with van der Waals surface area (Å²) in [7, 11) is 1.56. The van der Waals surface area contributed by atoms with Crippen LogP contribution < -0.4 is 5.32 Å². The van der Waals surface area contributed by atoms with Crippen molar-refractivity contribution in [1.82, 2.24) is 15.2 Å². The van der Waals surface area contributed by atoms with E-state index >= 15 is 0 Å². The number of amides is 1. The van der Waals surface area contributed by atoms with E-state index in [4.69, 9.17) is 9.15 Å². The van der Waals surface area contributed by atoms with Gasteiger partial charge in [-0.2, -0.15) is 0 Å². The van der Waals surface area contributed by atoms with E-state index in [1.54, 1.807) is 12.0 Å². The van der Waals surface area contributed by atoms with Gasteiger partial charge in [0.25, 0.3) is 5.91 Å². The van der Waals surface area contributed by atoms with Crippen molar-refractivity contribution < 1.29 is 13.9 Å². The molecule has 0 saturated carbocycles. The highest BCUT2D eigenvalue weighted by Gasteiger charge is 2.23. The number of oxazole rings is 1. The quantitative estimate of drug-likeness (QED) is 0.776. The van der Waals surface area contributed by atoms with Gasteiger partial charge in [-0.3, -0.25) is 4.79 Å². The second-order valence-corrected chi connectivity index (χ2v) is 3.60. The highest BCUT2D eigenvalue weighted by molar-refractivity contribution is 5.93. The fraction of sp³-hybridized carbons (Fsp3) is 0.600. The van der Waals surface area contributed by atoms with E-state index in [-0.39, 0.29) is 12.5 Å². The van der Waals surface area contributed by atoms with Crippen LogP contribution in [-0.2, 0) is 11.3 Å². The van der Waals surface area contributed by atoms with E-state index in [9.17, 15) is 4.79 Å². The molecule has 1 aromatic rings. The summed E-state index contributed by atoms with van der Waals surface area (Å²) in [5.74, 6) is 0.410. The number of rotatable bonds is 3. The third kappa shape index (κ3) is 2.23. The maximum absolute atomic E-state index is 12.1. The zero-order valence-corrected chi connectivity index (χ0v) is 9.23. The Balaban J connectivity index is 2.09. The Morgan fingerprint density at radius 1 is 1.62 bits per heavy atom. The van der Waals surface area contributed by atoms with Crippen LogP contribution >= 0.6 is 0 Å². The summed E-state index contributed by atoms with van der Waals surface area (Å²) in [5, 5.41) is 3.19. The predicted molar refractivity (Wildman–Crippen MR) is 56.0 cm³/mol. The van der Waals surface area contributed by atoms with Crippen molar-refractivity contribution in [1.29, 1.82) is 0 Å². The Bertz CT molecular complexity index is 358. The summed E-state index contributed by atoms with van der Waals surface area (Å²) >= 11 is 0. The van der Waals surface area contributed by atoms with Crippen molar-refractivity contribution in [2.24, 2.45) is 0 Å². The Morgan fingerprint density at radius 3 is 3.06 bits per heavy atom. The molecule has 16 heavy (non-hydrogen) atoms. The van der Waals surface area contributed by atoms with Crippen molar-refractivity contribution in [3.05, 3.63) is 17.8 Å². The third-order valence-corrected chi connectivity index (χ3v) is 2.52. The Morgan fingerprint density at radius 2 is 2.38 bits per heavy atom. The van der Waals surface area contributed by atoms with E-state index in [0.29, 0.717) is 24.5 Å². The van der Waals surface area contributed by atoms with Crippen molar-refractivity contribution >= 4 is 5.91 Å². The molecule has 0 atom stereocenters. The highest BCUT2D eigenvalue weighted by Crippen LogP contribution is 2.11. The fourth-order valence-electron chi connectivity index (χ4n) is 1.70. The van der Waals surface area contributed by atoms with Crippen molar-refractivity contribution in [3.8, 4) is 0 Å². The smallest absolute Gasteiger partial charge is 0.276 e. The molecule has 1 aliphatic rings. The zero-order valence-electron chi connectivity index (χ0n) is 9.23. The summed E-state index contributed by atoms with van der Waals surface area (Å²) in [6, 6.07) is 0. The summed E-state index contributed by atoms with van der Waals surface area (Å²) < 4.78 is 10.1. The summed E-state index contributed by atoms with van der Waals surface area (Å²) in [6.07, 6.45) is 1.28. The number of aromatic nitrogens is 1. The van der Waals surface area contributed by atoms with Gasteiger partial charge < -0.3 is 19.4 Å². The first-order chi connectivity index (χ1) is 7.83. The normalized spacial score (nSPS) is 16.4. The van der Waals surface area contributed by atoms with Crippen molar-refractivity contribution in [2.45, 2.75) is 6.61 Å². The first kappa shape index (κ1) is 11.1. The molecule has 88 valence electrons.